The minimum Gasteiger partial charge on any atom is -0.380 e. The standard InChI is InChI=1S/C13H26N2O/c1-2-5-16-9-13(15-14)8-12-7-10-3-4-11(12)6-10/h10-13,15H,2-9,14H2,1H3. The lowest BCUT2D eigenvalue weighted by atomic mass is 9.84. The Labute approximate surface area is 99.1 Å². The molecule has 0 radical (unpaired) electrons. The summed E-state index contributed by atoms with van der Waals surface area (Å²) in [6, 6.07) is 0.357. The number of ether oxygens (including phenoxy) is 1. The second-order valence-electron chi connectivity index (χ2n) is 5.61. The molecule has 0 saturated heterocycles. The third-order valence-electron chi connectivity index (χ3n) is 4.38. The third-order valence-corrected chi connectivity index (χ3v) is 4.38. The Hall–Kier alpha value is -0.120. The average Bonchev–Trinajstić information content (AvgIpc) is 2.89. The first kappa shape index (κ1) is 12.3. The Bertz CT molecular complexity index is 210. The van der Waals surface area contributed by atoms with E-state index < -0.39 is 0 Å². The summed E-state index contributed by atoms with van der Waals surface area (Å²) < 4.78 is 5.58. The van der Waals surface area contributed by atoms with E-state index in [4.69, 9.17) is 10.6 Å². The van der Waals surface area contributed by atoms with Crippen molar-refractivity contribution in [2.24, 2.45) is 23.6 Å². The Morgan fingerprint density at radius 2 is 2.25 bits per heavy atom. The molecule has 0 aromatic carbocycles. The quantitative estimate of drug-likeness (QED) is 0.397. The molecule has 0 spiro atoms. The van der Waals surface area contributed by atoms with Crippen molar-refractivity contribution in [2.75, 3.05) is 13.2 Å². The molecule has 2 aliphatic carbocycles. The molecule has 94 valence electrons. The van der Waals surface area contributed by atoms with Crippen LogP contribution < -0.4 is 11.3 Å². The lowest BCUT2D eigenvalue weighted by Gasteiger charge is -2.26. The molecule has 0 aromatic heterocycles. The van der Waals surface area contributed by atoms with Crippen LogP contribution in [0.25, 0.3) is 0 Å². The van der Waals surface area contributed by atoms with Gasteiger partial charge in [-0.15, -0.1) is 0 Å². The van der Waals surface area contributed by atoms with Crippen LogP contribution in [0.15, 0.2) is 0 Å². The Kier molecular flexibility index (Phi) is 4.62. The number of nitrogens with two attached hydrogens (primary N) is 1. The Morgan fingerprint density at radius 3 is 2.81 bits per heavy atom. The van der Waals surface area contributed by atoms with Crippen LogP contribution in [-0.4, -0.2) is 19.3 Å². The molecule has 4 unspecified atom stereocenters. The first-order valence-corrected chi connectivity index (χ1v) is 6.87. The zero-order chi connectivity index (χ0) is 11.4. The summed E-state index contributed by atoms with van der Waals surface area (Å²) in [7, 11) is 0. The summed E-state index contributed by atoms with van der Waals surface area (Å²) in [4.78, 5) is 0. The van der Waals surface area contributed by atoms with E-state index in [-0.39, 0.29) is 0 Å². The zero-order valence-corrected chi connectivity index (χ0v) is 10.5. The van der Waals surface area contributed by atoms with Gasteiger partial charge >= 0.3 is 0 Å². The molecule has 2 fully saturated rings. The van der Waals surface area contributed by atoms with E-state index in [1.807, 2.05) is 0 Å². The van der Waals surface area contributed by atoms with Crippen LogP contribution >= 0.6 is 0 Å². The van der Waals surface area contributed by atoms with E-state index >= 15 is 0 Å². The minimum absolute atomic E-state index is 0.357. The van der Waals surface area contributed by atoms with E-state index in [9.17, 15) is 0 Å². The molecule has 0 aliphatic heterocycles. The highest BCUT2D eigenvalue weighted by Gasteiger charge is 2.39. The molecule has 16 heavy (non-hydrogen) atoms. The van der Waals surface area contributed by atoms with Gasteiger partial charge in [-0.05, 0) is 49.9 Å². The number of hydrogen-bond acceptors (Lipinski definition) is 3. The van der Waals surface area contributed by atoms with Crippen LogP contribution in [0.2, 0.25) is 0 Å². The fourth-order valence-electron chi connectivity index (χ4n) is 3.58. The highest BCUT2D eigenvalue weighted by molar-refractivity contribution is 4.91. The van der Waals surface area contributed by atoms with Crippen molar-refractivity contribution in [2.45, 2.75) is 51.5 Å². The van der Waals surface area contributed by atoms with Crippen molar-refractivity contribution in [3.05, 3.63) is 0 Å². The van der Waals surface area contributed by atoms with Crippen LogP contribution in [0.1, 0.15) is 45.4 Å². The number of nitrogens with one attached hydrogen (secondary N) is 1. The van der Waals surface area contributed by atoms with E-state index in [0.29, 0.717) is 6.04 Å². The maximum absolute atomic E-state index is 5.60. The molecule has 2 rings (SSSR count). The van der Waals surface area contributed by atoms with E-state index in [1.165, 1.54) is 32.1 Å². The van der Waals surface area contributed by atoms with Crippen molar-refractivity contribution in [1.29, 1.82) is 0 Å². The predicted molar refractivity (Wildman–Crippen MR) is 65.8 cm³/mol. The van der Waals surface area contributed by atoms with Gasteiger partial charge in [0.2, 0.25) is 0 Å². The molecule has 3 nitrogen and oxygen atoms in total. The van der Waals surface area contributed by atoms with Crippen molar-refractivity contribution >= 4 is 0 Å². The lowest BCUT2D eigenvalue weighted by molar-refractivity contribution is 0.0994. The minimum atomic E-state index is 0.357. The summed E-state index contributed by atoms with van der Waals surface area (Å²) in [5, 5.41) is 0. The molecule has 2 bridgehead atoms. The fourth-order valence-corrected chi connectivity index (χ4v) is 3.58. The zero-order valence-electron chi connectivity index (χ0n) is 10.5. The first-order chi connectivity index (χ1) is 7.83. The normalized spacial score (nSPS) is 34.5. The van der Waals surface area contributed by atoms with Gasteiger partial charge in [0.15, 0.2) is 0 Å². The predicted octanol–water partition coefficient (Wildman–Crippen LogP) is 2.07. The lowest BCUT2D eigenvalue weighted by Crippen LogP contribution is -2.40. The molecular weight excluding hydrogens is 200 g/mol. The number of hydrazine groups is 1. The summed E-state index contributed by atoms with van der Waals surface area (Å²) >= 11 is 0. The third kappa shape index (κ3) is 2.96. The molecule has 2 aliphatic rings. The van der Waals surface area contributed by atoms with Crippen molar-refractivity contribution in [1.82, 2.24) is 5.43 Å². The van der Waals surface area contributed by atoms with Gasteiger partial charge in [-0.25, -0.2) is 0 Å². The number of rotatable bonds is 7. The van der Waals surface area contributed by atoms with E-state index in [1.54, 1.807) is 0 Å². The van der Waals surface area contributed by atoms with Gasteiger partial charge in [-0.2, -0.15) is 0 Å². The van der Waals surface area contributed by atoms with Gasteiger partial charge in [-0.1, -0.05) is 13.3 Å². The van der Waals surface area contributed by atoms with Crippen LogP contribution in [0.3, 0.4) is 0 Å². The van der Waals surface area contributed by atoms with E-state index in [2.05, 4.69) is 12.3 Å². The first-order valence-electron chi connectivity index (χ1n) is 6.87. The Morgan fingerprint density at radius 1 is 1.38 bits per heavy atom. The molecule has 3 N–H and O–H groups in total. The van der Waals surface area contributed by atoms with Gasteiger partial charge in [0.05, 0.1) is 6.61 Å². The summed E-state index contributed by atoms with van der Waals surface area (Å²) in [5.41, 5.74) is 2.92. The summed E-state index contributed by atoms with van der Waals surface area (Å²) in [6.45, 7) is 3.77. The summed E-state index contributed by atoms with van der Waals surface area (Å²) in [6.07, 6.45) is 8.16. The maximum atomic E-state index is 5.60. The van der Waals surface area contributed by atoms with Crippen LogP contribution in [0.5, 0.6) is 0 Å². The molecule has 0 aromatic rings. The van der Waals surface area contributed by atoms with Crippen LogP contribution in [0, 0.1) is 17.8 Å². The molecule has 3 heteroatoms. The van der Waals surface area contributed by atoms with Gasteiger partial charge < -0.3 is 4.74 Å². The van der Waals surface area contributed by atoms with Crippen molar-refractivity contribution < 1.29 is 4.74 Å². The summed E-state index contributed by atoms with van der Waals surface area (Å²) in [5.74, 6) is 8.53. The number of fused-ring (bicyclic) bond motifs is 2. The molecule has 0 amide bonds. The van der Waals surface area contributed by atoms with Gasteiger partial charge in [0.25, 0.3) is 0 Å². The van der Waals surface area contributed by atoms with Crippen LogP contribution in [-0.2, 0) is 4.74 Å². The second-order valence-corrected chi connectivity index (χ2v) is 5.61. The largest absolute Gasteiger partial charge is 0.380 e. The molecule has 4 atom stereocenters. The van der Waals surface area contributed by atoms with Crippen molar-refractivity contribution in [3.63, 3.8) is 0 Å². The monoisotopic (exact) mass is 226 g/mol. The maximum Gasteiger partial charge on any atom is 0.0633 e. The highest BCUT2D eigenvalue weighted by Crippen LogP contribution is 2.49. The van der Waals surface area contributed by atoms with Crippen LogP contribution in [0.4, 0.5) is 0 Å². The van der Waals surface area contributed by atoms with Crippen molar-refractivity contribution in [3.8, 4) is 0 Å². The molecule has 0 heterocycles. The topological polar surface area (TPSA) is 47.3 Å². The Balaban J connectivity index is 1.70. The highest BCUT2D eigenvalue weighted by atomic mass is 16.5. The SMILES string of the molecule is CCCOCC(CC1CC2CCC1C2)NN. The smallest absolute Gasteiger partial charge is 0.0633 e. The average molecular weight is 226 g/mol. The second kappa shape index (κ2) is 5.99. The van der Waals surface area contributed by atoms with E-state index in [0.717, 1.165) is 37.4 Å². The number of hydrogen-bond donors (Lipinski definition) is 2. The molecular formula is C13H26N2O. The molecule has 2 saturated carbocycles. The van der Waals surface area contributed by atoms with Gasteiger partial charge in [-0.3, -0.25) is 11.3 Å². The van der Waals surface area contributed by atoms with Gasteiger partial charge in [0, 0.05) is 12.6 Å². The fraction of sp³-hybridized carbons (Fsp3) is 1.00. The van der Waals surface area contributed by atoms with Gasteiger partial charge in [0.1, 0.15) is 0 Å².